The molecule has 5 aromatic rings. The lowest BCUT2D eigenvalue weighted by molar-refractivity contribution is -0.139. The van der Waals surface area contributed by atoms with Gasteiger partial charge in [-0.2, -0.15) is 0 Å². The number of ether oxygens (including phenoxy) is 2. The highest BCUT2D eigenvalue weighted by molar-refractivity contribution is 14.1. The zero-order valence-corrected chi connectivity index (χ0v) is 31.0. The minimum atomic E-state index is -0.886. The number of hydrogen-bond donors (Lipinski definition) is 0. The highest BCUT2D eigenvalue weighted by atomic mass is 127. The van der Waals surface area contributed by atoms with Crippen LogP contribution in [0.1, 0.15) is 36.8 Å². The van der Waals surface area contributed by atoms with Gasteiger partial charge in [0.25, 0.3) is 5.56 Å². The normalized spacial score (nSPS) is 14.7. The van der Waals surface area contributed by atoms with Crippen LogP contribution in [0.5, 0.6) is 5.75 Å². The number of esters is 1. The molecule has 0 bridgehead atoms. The molecular formula is C34H24Cl2I2N2O5S. The molecule has 0 N–H and O–H groups in total. The van der Waals surface area contributed by atoms with Gasteiger partial charge in [-0.3, -0.25) is 9.36 Å². The van der Waals surface area contributed by atoms with E-state index in [1.807, 2.05) is 48.5 Å². The minimum Gasteiger partial charge on any atom is -0.487 e. The van der Waals surface area contributed by atoms with E-state index in [1.165, 1.54) is 15.9 Å². The van der Waals surface area contributed by atoms with Crippen molar-refractivity contribution in [3.8, 4) is 17.1 Å². The fraction of sp³-hybridized carbons (Fsp3) is 0.147. The standard InChI is InChI=1S/C34H24Cl2I2N2O5S/c1-3-43-33(42)29-18(2)39-34-40(30(29)27-12-11-26(45-27)21-9-10-22(35)23(36)16-21)32(41)28(46-34)15-20-13-24(37)31(25(38)14-20)44-17-19-7-5-4-6-8-19/h4-16,30H,3,17H2,1-2H3/b28-15-/t30-/m0/s1. The Hall–Kier alpha value is -2.91. The van der Waals surface area contributed by atoms with Gasteiger partial charge in [0.15, 0.2) is 4.80 Å². The Kier molecular flexibility index (Phi) is 10.1. The SMILES string of the molecule is CCOC(=O)C1=C(C)N=c2s/c(=C\c3cc(I)c(OCc4ccccc4)c(I)c3)c(=O)n2[C@H]1c1ccc(-c2ccc(Cl)c(Cl)c2)o1. The number of halogens is 4. The van der Waals surface area contributed by atoms with Crippen molar-refractivity contribution in [1.29, 1.82) is 0 Å². The molecule has 0 aliphatic carbocycles. The van der Waals surface area contributed by atoms with Gasteiger partial charge >= 0.3 is 5.97 Å². The van der Waals surface area contributed by atoms with Crippen molar-refractivity contribution in [3.63, 3.8) is 0 Å². The van der Waals surface area contributed by atoms with Crippen LogP contribution in [-0.2, 0) is 16.1 Å². The minimum absolute atomic E-state index is 0.168. The summed E-state index contributed by atoms with van der Waals surface area (Å²) in [6.07, 6.45) is 1.83. The van der Waals surface area contributed by atoms with Gasteiger partial charge in [-0.25, -0.2) is 9.79 Å². The Morgan fingerprint density at radius 1 is 1.04 bits per heavy atom. The molecule has 0 amide bonds. The van der Waals surface area contributed by atoms with Gasteiger partial charge in [0, 0.05) is 5.56 Å². The number of benzene rings is 3. The molecule has 234 valence electrons. The number of carbonyl (C=O) groups excluding carboxylic acids is 1. The molecule has 6 rings (SSSR count). The van der Waals surface area contributed by atoms with Gasteiger partial charge in [0.2, 0.25) is 0 Å². The molecule has 1 aliphatic rings. The number of fused-ring (bicyclic) bond motifs is 1. The molecule has 0 spiro atoms. The van der Waals surface area contributed by atoms with E-state index < -0.39 is 12.0 Å². The number of carbonyl (C=O) groups is 1. The monoisotopic (exact) mass is 896 g/mol. The molecular weight excluding hydrogens is 873 g/mol. The van der Waals surface area contributed by atoms with Crippen molar-refractivity contribution < 1.29 is 18.7 Å². The van der Waals surface area contributed by atoms with Gasteiger partial charge in [-0.15, -0.1) is 0 Å². The van der Waals surface area contributed by atoms with E-state index in [0.29, 0.717) is 48.8 Å². The Morgan fingerprint density at radius 2 is 1.78 bits per heavy atom. The highest BCUT2D eigenvalue weighted by Crippen LogP contribution is 2.36. The lowest BCUT2D eigenvalue weighted by atomic mass is 10.0. The molecule has 2 aromatic heterocycles. The van der Waals surface area contributed by atoms with Gasteiger partial charge in [-0.1, -0.05) is 64.9 Å². The Bertz CT molecular complexity index is 2170. The average Bonchev–Trinajstić information content (AvgIpc) is 3.63. The first-order valence-corrected chi connectivity index (χ1v) is 17.8. The molecule has 7 nitrogen and oxygen atoms in total. The lowest BCUT2D eigenvalue weighted by Crippen LogP contribution is -2.39. The first-order valence-electron chi connectivity index (χ1n) is 14.0. The summed E-state index contributed by atoms with van der Waals surface area (Å²) in [5.41, 5.74) is 3.00. The summed E-state index contributed by atoms with van der Waals surface area (Å²) in [6, 6.07) is 21.7. The molecule has 0 unspecified atom stereocenters. The second-order valence-corrected chi connectivity index (χ2v) is 14.4. The molecule has 46 heavy (non-hydrogen) atoms. The molecule has 0 fully saturated rings. The number of thiazole rings is 1. The van der Waals surface area contributed by atoms with Crippen molar-refractivity contribution in [2.75, 3.05) is 6.61 Å². The summed E-state index contributed by atoms with van der Waals surface area (Å²) in [5, 5.41) is 0.805. The highest BCUT2D eigenvalue weighted by Gasteiger charge is 2.35. The molecule has 12 heteroatoms. The molecule has 0 saturated heterocycles. The number of hydrogen-bond acceptors (Lipinski definition) is 7. The van der Waals surface area contributed by atoms with Crippen LogP contribution in [-0.4, -0.2) is 17.1 Å². The van der Waals surface area contributed by atoms with E-state index in [9.17, 15) is 9.59 Å². The molecule has 1 atom stereocenters. The zero-order chi connectivity index (χ0) is 32.5. The largest absolute Gasteiger partial charge is 0.487 e. The second-order valence-electron chi connectivity index (χ2n) is 10.2. The van der Waals surface area contributed by atoms with Crippen molar-refractivity contribution in [3.05, 3.63) is 138 Å². The van der Waals surface area contributed by atoms with Crippen LogP contribution < -0.4 is 19.6 Å². The van der Waals surface area contributed by atoms with Crippen molar-refractivity contribution in [2.45, 2.75) is 26.5 Å². The number of aromatic nitrogens is 1. The summed E-state index contributed by atoms with van der Waals surface area (Å²) in [4.78, 5) is 32.5. The number of rotatable bonds is 8. The summed E-state index contributed by atoms with van der Waals surface area (Å²) in [6.45, 7) is 4.08. The summed E-state index contributed by atoms with van der Waals surface area (Å²) in [7, 11) is 0. The maximum absolute atomic E-state index is 14.1. The molecule has 1 aliphatic heterocycles. The van der Waals surface area contributed by atoms with E-state index in [1.54, 1.807) is 44.2 Å². The van der Waals surface area contributed by atoms with E-state index in [-0.39, 0.29) is 17.7 Å². The van der Waals surface area contributed by atoms with Crippen molar-refractivity contribution in [2.24, 2.45) is 4.99 Å². The average molecular weight is 897 g/mol. The molecule has 3 aromatic carbocycles. The third-order valence-corrected chi connectivity index (χ3v) is 10.5. The van der Waals surface area contributed by atoms with Crippen LogP contribution in [0.3, 0.4) is 0 Å². The maximum Gasteiger partial charge on any atom is 0.338 e. The molecule has 3 heterocycles. The number of allylic oxidation sites excluding steroid dienone is 1. The predicted molar refractivity (Wildman–Crippen MR) is 197 cm³/mol. The molecule has 0 radical (unpaired) electrons. The van der Waals surface area contributed by atoms with E-state index in [4.69, 9.17) is 37.1 Å². The summed E-state index contributed by atoms with van der Waals surface area (Å²) in [5.74, 6) is 1.11. The topological polar surface area (TPSA) is 83.0 Å². The Balaban J connectivity index is 1.41. The zero-order valence-electron chi connectivity index (χ0n) is 24.4. The lowest BCUT2D eigenvalue weighted by Gasteiger charge is -2.22. The van der Waals surface area contributed by atoms with Crippen molar-refractivity contribution in [1.82, 2.24) is 4.57 Å². The quantitative estimate of drug-likeness (QED) is 0.116. The Morgan fingerprint density at radius 3 is 2.48 bits per heavy atom. The Labute approximate surface area is 305 Å². The van der Waals surface area contributed by atoms with Crippen molar-refractivity contribution >= 4 is 91.8 Å². The first kappa shape index (κ1) is 33.0. The maximum atomic E-state index is 14.1. The predicted octanol–water partition coefficient (Wildman–Crippen LogP) is 8.15. The van der Waals surface area contributed by atoms with E-state index in [2.05, 4.69) is 50.2 Å². The van der Waals surface area contributed by atoms with Crippen LogP contribution in [0.15, 0.2) is 98.3 Å². The van der Waals surface area contributed by atoms with Crippen LogP contribution in [0.2, 0.25) is 10.0 Å². The third kappa shape index (κ3) is 6.73. The summed E-state index contributed by atoms with van der Waals surface area (Å²) < 4.78 is 21.6. The van der Waals surface area contributed by atoms with Crippen LogP contribution >= 0.6 is 79.7 Å². The summed E-state index contributed by atoms with van der Waals surface area (Å²) >= 11 is 18.1. The first-order chi connectivity index (χ1) is 22.1. The van der Waals surface area contributed by atoms with E-state index >= 15 is 0 Å². The molecule has 0 saturated carbocycles. The van der Waals surface area contributed by atoms with Crippen LogP contribution in [0.4, 0.5) is 0 Å². The second kappa shape index (κ2) is 14.1. The number of nitrogens with zero attached hydrogens (tertiary/aromatic N) is 2. The fourth-order valence-electron chi connectivity index (χ4n) is 5.05. The van der Waals surface area contributed by atoms with Gasteiger partial charge < -0.3 is 13.9 Å². The van der Waals surface area contributed by atoms with Crippen LogP contribution in [0, 0.1) is 7.14 Å². The number of furan rings is 1. The van der Waals surface area contributed by atoms with Crippen LogP contribution in [0.25, 0.3) is 17.4 Å². The smallest absolute Gasteiger partial charge is 0.338 e. The van der Waals surface area contributed by atoms with E-state index in [0.717, 1.165) is 24.0 Å². The van der Waals surface area contributed by atoms with Gasteiger partial charge in [0.05, 0.1) is 39.6 Å². The van der Waals surface area contributed by atoms with Gasteiger partial charge in [-0.05, 0) is 119 Å². The van der Waals surface area contributed by atoms with Gasteiger partial charge in [0.1, 0.15) is 29.9 Å². The third-order valence-electron chi connectivity index (χ3n) is 7.16. The fourth-order valence-corrected chi connectivity index (χ4v) is 8.52.